The van der Waals surface area contributed by atoms with Gasteiger partial charge in [-0.3, -0.25) is 9.59 Å². The molecule has 1 aliphatic rings. The molecule has 0 aromatic heterocycles. The molecule has 38 heavy (non-hydrogen) atoms. The van der Waals surface area contributed by atoms with Crippen LogP contribution in [-0.4, -0.2) is 26.3 Å². The second kappa shape index (κ2) is 10.2. The summed E-state index contributed by atoms with van der Waals surface area (Å²) in [5, 5.41) is 0. The number of hydrogen-bond donors (Lipinski definition) is 0. The number of carbonyl (C=O) groups is 3. The first-order chi connectivity index (χ1) is 18.3. The Morgan fingerprint density at radius 2 is 1.03 bits per heavy atom. The third-order valence-electron chi connectivity index (χ3n) is 5.71. The fraction of sp³-hybridized carbons (Fsp3) is 0. The van der Waals surface area contributed by atoms with Gasteiger partial charge in [0.1, 0.15) is 16.2 Å². The van der Waals surface area contributed by atoms with Crippen molar-refractivity contribution in [1.29, 1.82) is 0 Å². The van der Waals surface area contributed by atoms with Gasteiger partial charge >= 0.3 is 16.1 Å². The molecular formula is C29H20N2O6S. The van der Waals surface area contributed by atoms with E-state index in [0.717, 1.165) is 9.80 Å². The van der Waals surface area contributed by atoms with Crippen molar-refractivity contribution in [2.75, 3.05) is 9.80 Å². The number of urea groups is 1. The maximum atomic E-state index is 13.4. The van der Waals surface area contributed by atoms with E-state index in [1.165, 1.54) is 42.5 Å². The van der Waals surface area contributed by atoms with Gasteiger partial charge in [-0.1, -0.05) is 66.7 Å². The Balaban J connectivity index is 1.49. The molecule has 4 amide bonds. The predicted molar refractivity (Wildman–Crippen MR) is 142 cm³/mol. The summed E-state index contributed by atoms with van der Waals surface area (Å²) in [5.41, 5.74) is 0.831. The number of rotatable bonds is 6. The molecule has 1 fully saturated rings. The van der Waals surface area contributed by atoms with Crippen LogP contribution in [0.2, 0.25) is 0 Å². The van der Waals surface area contributed by atoms with E-state index in [-0.39, 0.29) is 16.2 Å². The summed E-state index contributed by atoms with van der Waals surface area (Å²) in [6.07, 6.45) is 1.36. The molecule has 0 atom stereocenters. The van der Waals surface area contributed by atoms with E-state index in [1.54, 1.807) is 78.9 Å². The standard InChI is InChI=1S/C29H20N2O6S/c32-27-26(20-21-16-18-24(19-17-21)37-38(35,36)25-14-8-3-9-15-25)28(33)31(23-12-6-2-7-13-23)29(34)30(27)22-10-4-1-5-11-22/h1-20H. The Labute approximate surface area is 219 Å². The fourth-order valence-electron chi connectivity index (χ4n) is 3.89. The van der Waals surface area contributed by atoms with Gasteiger partial charge in [-0.05, 0) is 60.2 Å². The number of nitrogens with zero attached hydrogens (tertiary/aromatic N) is 2. The molecule has 0 spiro atoms. The van der Waals surface area contributed by atoms with E-state index in [0.29, 0.717) is 16.9 Å². The van der Waals surface area contributed by atoms with Gasteiger partial charge in [0.25, 0.3) is 11.8 Å². The summed E-state index contributed by atoms with van der Waals surface area (Å²) in [6, 6.07) is 29.4. The lowest BCUT2D eigenvalue weighted by Crippen LogP contribution is -2.57. The Hall–Kier alpha value is -5.02. The number of benzene rings is 4. The lowest BCUT2D eigenvalue weighted by molar-refractivity contribution is -0.121. The van der Waals surface area contributed by atoms with Crippen LogP contribution in [-0.2, 0) is 19.7 Å². The van der Waals surface area contributed by atoms with Crippen molar-refractivity contribution in [2.24, 2.45) is 0 Å². The molecule has 4 aromatic carbocycles. The molecule has 0 radical (unpaired) electrons. The van der Waals surface area contributed by atoms with Crippen molar-refractivity contribution < 1.29 is 27.0 Å². The van der Waals surface area contributed by atoms with Crippen LogP contribution >= 0.6 is 0 Å². The first kappa shape index (κ1) is 24.7. The monoisotopic (exact) mass is 524 g/mol. The SMILES string of the molecule is O=C1C(=Cc2ccc(OS(=O)(=O)c3ccccc3)cc2)C(=O)N(c2ccccc2)C(=O)N1c1ccccc1. The van der Waals surface area contributed by atoms with Crippen LogP contribution in [0.4, 0.5) is 16.2 Å². The van der Waals surface area contributed by atoms with Gasteiger partial charge in [-0.15, -0.1) is 0 Å². The minimum Gasteiger partial charge on any atom is -0.379 e. The summed E-state index contributed by atoms with van der Waals surface area (Å²) in [5.74, 6) is -1.49. The van der Waals surface area contributed by atoms with E-state index < -0.39 is 28.0 Å². The second-order valence-electron chi connectivity index (χ2n) is 8.21. The summed E-state index contributed by atoms with van der Waals surface area (Å²) in [4.78, 5) is 42.1. The minimum atomic E-state index is -4.03. The molecule has 1 aliphatic heterocycles. The zero-order valence-electron chi connectivity index (χ0n) is 19.8. The van der Waals surface area contributed by atoms with Crippen molar-refractivity contribution in [3.05, 3.63) is 126 Å². The number of anilines is 2. The zero-order chi connectivity index (χ0) is 26.7. The maximum Gasteiger partial charge on any atom is 0.343 e. The average Bonchev–Trinajstić information content (AvgIpc) is 2.93. The topological polar surface area (TPSA) is 101 Å². The molecule has 188 valence electrons. The molecule has 0 saturated carbocycles. The average molecular weight is 525 g/mol. The molecule has 0 aliphatic carbocycles. The summed E-state index contributed by atoms with van der Waals surface area (Å²) in [6.45, 7) is 0. The van der Waals surface area contributed by atoms with Crippen LogP contribution in [0.1, 0.15) is 5.56 Å². The molecule has 5 rings (SSSR count). The molecular weight excluding hydrogens is 504 g/mol. The quantitative estimate of drug-likeness (QED) is 0.199. The van der Waals surface area contributed by atoms with E-state index in [4.69, 9.17) is 4.18 Å². The molecule has 1 saturated heterocycles. The second-order valence-corrected chi connectivity index (χ2v) is 9.76. The first-order valence-corrected chi connectivity index (χ1v) is 12.9. The molecule has 1 heterocycles. The summed E-state index contributed by atoms with van der Waals surface area (Å²) < 4.78 is 30.2. The molecule has 9 heteroatoms. The number of para-hydroxylation sites is 2. The fourth-order valence-corrected chi connectivity index (χ4v) is 4.84. The number of hydrogen-bond acceptors (Lipinski definition) is 6. The number of imide groups is 2. The lowest BCUT2D eigenvalue weighted by atomic mass is 10.0. The molecule has 0 N–H and O–H groups in total. The van der Waals surface area contributed by atoms with Crippen molar-refractivity contribution in [3.8, 4) is 5.75 Å². The Morgan fingerprint density at radius 3 is 1.50 bits per heavy atom. The first-order valence-electron chi connectivity index (χ1n) is 11.5. The summed E-state index contributed by atoms with van der Waals surface area (Å²) >= 11 is 0. The van der Waals surface area contributed by atoms with Crippen LogP contribution < -0.4 is 14.0 Å². The third-order valence-corrected chi connectivity index (χ3v) is 6.97. The van der Waals surface area contributed by atoms with Gasteiger partial charge in [-0.25, -0.2) is 14.6 Å². The van der Waals surface area contributed by atoms with Gasteiger partial charge in [0, 0.05) is 0 Å². The molecule has 0 unspecified atom stereocenters. The van der Waals surface area contributed by atoms with E-state index in [1.807, 2.05) is 0 Å². The highest BCUT2D eigenvalue weighted by molar-refractivity contribution is 7.87. The van der Waals surface area contributed by atoms with Crippen LogP contribution in [0.25, 0.3) is 6.08 Å². The molecule has 4 aromatic rings. The van der Waals surface area contributed by atoms with Crippen molar-refractivity contribution in [2.45, 2.75) is 4.90 Å². The number of amides is 4. The van der Waals surface area contributed by atoms with Crippen LogP contribution in [0, 0.1) is 0 Å². The van der Waals surface area contributed by atoms with Crippen molar-refractivity contribution in [1.82, 2.24) is 0 Å². The Bertz CT molecular complexity index is 1570. The van der Waals surface area contributed by atoms with Crippen LogP contribution in [0.15, 0.2) is 126 Å². The predicted octanol–water partition coefficient (Wildman–Crippen LogP) is 5.04. The van der Waals surface area contributed by atoms with Gasteiger partial charge in [-0.2, -0.15) is 8.42 Å². The Morgan fingerprint density at radius 1 is 0.579 bits per heavy atom. The van der Waals surface area contributed by atoms with Gasteiger partial charge in [0.2, 0.25) is 0 Å². The molecule has 0 bridgehead atoms. The van der Waals surface area contributed by atoms with E-state index in [9.17, 15) is 22.8 Å². The smallest absolute Gasteiger partial charge is 0.343 e. The van der Waals surface area contributed by atoms with Gasteiger partial charge in [0.05, 0.1) is 11.4 Å². The number of carbonyl (C=O) groups excluding carboxylic acids is 3. The normalized spacial score (nSPS) is 14.0. The van der Waals surface area contributed by atoms with E-state index >= 15 is 0 Å². The highest BCUT2D eigenvalue weighted by Crippen LogP contribution is 2.30. The Kier molecular flexibility index (Phi) is 6.59. The van der Waals surface area contributed by atoms with Crippen LogP contribution in [0.3, 0.4) is 0 Å². The highest BCUT2D eigenvalue weighted by atomic mass is 32.2. The van der Waals surface area contributed by atoms with Crippen molar-refractivity contribution in [3.63, 3.8) is 0 Å². The van der Waals surface area contributed by atoms with Crippen molar-refractivity contribution >= 4 is 45.4 Å². The van der Waals surface area contributed by atoms with Gasteiger partial charge < -0.3 is 4.18 Å². The zero-order valence-corrected chi connectivity index (χ0v) is 20.6. The molecule has 8 nitrogen and oxygen atoms in total. The summed E-state index contributed by atoms with van der Waals surface area (Å²) in [7, 11) is -4.03. The maximum absolute atomic E-state index is 13.4. The minimum absolute atomic E-state index is 0.0104. The van der Waals surface area contributed by atoms with Crippen LogP contribution in [0.5, 0.6) is 5.75 Å². The van der Waals surface area contributed by atoms with Gasteiger partial charge in [0.15, 0.2) is 0 Å². The third kappa shape index (κ3) is 4.82. The highest BCUT2D eigenvalue weighted by Gasteiger charge is 2.43. The number of barbiturate groups is 1. The largest absolute Gasteiger partial charge is 0.379 e. The lowest BCUT2D eigenvalue weighted by Gasteiger charge is -2.33. The van der Waals surface area contributed by atoms with E-state index in [2.05, 4.69) is 0 Å².